The Bertz CT molecular complexity index is 1150. The molecular weight excluding hydrogens is 356 g/mol. The number of aromatic amines is 1. The van der Waals surface area contributed by atoms with E-state index in [1.54, 1.807) is 13.2 Å². The van der Waals surface area contributed by atoms with Crippen molar-refractivity contribution in [2.45, 2.75) is 24.3 Å². The number of nitrogens with zero attached hydrogens (tertiary/aromatic N) is 1. The quantitative estimate of drug-likeness (QED) is 0.760. The van der Waals surface area contributed by atoms with Gasteiger partial charge in [0.15, 0.2) is 5.58 Å². The fourth-order valence-corrected chi connectivity index (χ4v) is 5.09. The second-order valence-electron chi connectivity index (χ2n) is 6.28. The lowest BCUT2D eigenvalue weighted by Gasteiger charge is -2.34. The van der Waals surface area contributed by atoms with Gasteiger partial charge in [0.25, 0.3) is 0 Å². The fourth-order valence-electron chi connectivity index (χ4n) is 3.46. The average Bonchev–Trinajstić information content (AvgIpc) is 3.00. The summed E-state index contributed by atoms with van der Waals surface area (Å²) < 4.78 is 38.0. The first-order valence-corrected chi connectivity index (χ1v) is 9.65. The molecular formula is C18H18N2O5S. The summed E-state index contributed by atoms with van der Waals surface area (Å²) in [5.41, 5.74) is 2.76. The summed E-state index contributed by atoms with van der Waals surface area (Å²) in [6.07, 6.45) is 0.609. The first-order valence-electron chi connectivity index (χ1n) is 8.21. The van der Waals surface area contributed by atoms with E-state index in [9.17, 15) is 13.2 Å². The first kappa shape index (κ1) is 16.9. The number of hydrogen-bond donors (Lipinski definition) is 1. The van der Waals surface area contributed by atoms with Crippen molar-refractivity contribution in [3.63, 3.8) is 0 Å². The maximum Gasteiger partial charge on any atom is 0.417 e. The van der Waals surface area contributed by atoms with Gasteiger partial charge < -0.3 is 9.15 Å². The number of H-pyrrole nitrogens is 1. The minimum atomic E-state index is -3.73. The number of rotatable bonds is 3. The maximum absolute atomic E-state index is 13.2. The van der Waals surface area contributed by atoms with Crippen molar-refractivity contribution in [1.29, 1.82) is 0 Å². The van der Waals surface area contributed by atoms with Crippen molar-refractivity contribution in [3.05, 3.63) is 58.1 Å². The lowest BCUT2D eigenvalue weighted by atomic mass is 9.95. The summed E-state index contributed by atoms with van der Waals surface area (Å²) in [7, 11) is -2.11. The molecule has 2 heterocycles. The molecule has 0 saturated carbocycles. The normalized spacial score (nSPS) is 18.0. The minimum absolute atomic E-state index is 0.108. The van der Waals surface area contributed by atoms with Crippen LogP contribution >= 0.6 is 0 Å². The van der Waals surface area contributed by atoms with Crippen LogP contribution < -0.4 is 10.5 Å². The molecule has 1 atom stereocenters. The molecule has 8 heteroatoms. The van der Waals surface area contributed by atoms with Crippen molar-refractivity contribution >= 4 is 21.1 Å². The van der Waals surface area contributed by atoms with Gasteiger partial charge in [0.05, 0.1) is 17.5 Å². The summed E-state index contributed by atoms with van der Waals surface area (Å²) in [6.45, 7) is 2.25. The SMILES string of the molecule is COc1ccc2c(c1)CCN(S(=O)(=O)c1ccc3[nH]c(=O)oc3c1)C2C. The van der Waals surface area contributed by atoms with Crippen LogP contribution in [0, 0.1) is 0 Å². The Morgan fingerprint density at radius 3 is 2.81 bits per heavy atom. The van der Waals surface area contributed by atoms with Gasteiger partial charge in [-0.15, -0.1) is 0 Å². The van der Waals surface area contributed by atoms with Gasteiger partial charge in [-0.2, -0.15) is 4.31 Å². The topological polar surface area (TPSA) is 92.6 Å². The molecule has 2 aromatic carbocycles. The van der Waals surface area contributed by atoms with Crippen molar-refractivity contribution in [2.24, 2.45) is 0 Å². The highest BCUT2D eigenvalue weighted by Gasteiger charge is 2.34. The van der Waals surface area contributed by atoms with Crippen LogP contribution in [0.15, 0.2) is 50.5 Å². The minimum Gasteiger partial charge on any atom is -0.497 e. The molecule has 136 valence electrons. The third kappa shape index (κ3) is 2.62. The van der Waals surface area contributed by atoms with E-state index < -0.39 is 15.8 Å². The van der Waals surface area contributed by atoms with Crippen LogP contribution in [0.1, 0.15) is 24.1 Å². The van der Waals surface area contributed by atoms with Crippen molar-refractivity contribution in [2.75, 3.05) is 13.7 Å². The molecule has 1 unspecified atom stereocenters. The third-order valence-corrected chi connectivity index (χ3v) is 6.80. The summed E-state index contributed by atoms with van der Waals surface area (Å²) in [4.78, 5) is 13.9. The molecule has 0 radical (unpaired) electrons. The van der Waals surface area contributed by atoms with Crippen molar-refractivity contribution < 1.29 is 17.6 Å². The molecule has 1 N–H and O–H groups in total. The Kier molecular flexibility index (Phi) is 3.89. The largest absolute Gasteiger partial charge is 0.497 e. The van der Waals surface area contributed by atoms with E-state index in [2.05, 4.69) is 4.98 Å². The van der Waals surface area contributed by atoms with Crippen LogP contribution in [0.5, 0.6) is 5.75 Å². The Morgan fingerprint density at radius 2 is 2.04 bits per heavy atom. The Hall–Kier alpha value is -2.58. The van der Waals surface area contributed by atoms with Gasteiger partial charge in [-0.05, 0) is 48.7 Å². The molecule has 0 amide bonds. The van der Waals surface area contributed by atoms with Crippen LogP contribution in [-0.4, -0.2) is 31.4 Å². The van der Waals surface area contributed by atoms with E-state index in [4.69, 9.17) is 9.15 Å². The highest BCUT2D eigenvalue weighted by atomic mass is 32.2. The molecule has 0 aliphatic carbocycles. The molecule has 0 spiro atoms. The van der Waals surface area contributed by atoms with E-state index in [1.807, 2.05) is 25.1 Å². The van der Waals surface area contributed by atoms with E-state index in [-0.39, 0.29) is 16.5 Å². The van der Waals surface area contributed by atoms with Gasteiger partial charge in [0, 0.05) is 18.7 Å². The zero-order chi connectivity index (χ0) is 18.5. The van der Waals surface area contributed by atoms with E-state index >= 15 is 0 Å². The number of fused-ring (bicyclic) bond motifs is 2. The predicted octanol–water partition coefficient (Wildman–Crippen LogP) is 2.44. The highest BCUT2D eigenvalue weighted by Crippen LogP contribution is 2.35. The zero-order valence-electron chi connectivity index (χ0n) is 14.4. The number of benzene rings is 2. The lowest BCUT2D eigenvalue weighted by molar-refractivity contribution is 0.325. The van der Waals surface area contributed by atoms with Crippen LogP contribution in [0.25, 0.3) is 11.1 Å². The van der Waals surface area contributed by atoms with Crippen LogP contribution in [0.2, 0.25) is 0 Å². The number of ether oxygens (including phenoxy) is 1. The molecule has 4 rings (SSSR count). The Balaban J connectivity index is 1.74. The predicted molar refractivity (Wildman–Crippen MR) is 95.8 cm³/mol. The van der Waals surface area contributed by atoms with Gasteiger partial charge in [-0.3, -0.25) is 4.98 Å². The van der Waals surface area contributed by atoms with E-state index in [0.29, 0.717) is 18.5 Å². The Morgan fingerprint density at radius 1 is 1.23 bits per heavy atom. The monoisotopic (exact) mass is 374 g/mol. The van der Waals surface area contributed by atoms with Crippen molar-refractivity contribution in [1.82, 2.24) is 9.29 Å². The van der Waals surface area contributed by atoms with Crippen LogP contribution in [0.4, 0.5) is 0 Å². The fraction of sp³-hybridized carbons (Fsp3) is 0.278. The molecule has 0 bridgehead atoms. The molecule has 3 aromatic rings. The number of hydrogen-bond acceptors (Lipinski definition) is 5. The zero-order valence-corrected chi connectivity index (χ0v) is 15.2. The molecule has 1 aliphatic heterocycles. The van der Waals surface area contributed by atoms with Gasteiger partial charge in [0.2, 0.25) is 10.0 Å². The second kappa shape index (κ2) is 6.00. The van der Waals surface area contributed by atoms with Crippen molar-refractivity contribution in [3.8, 4) is 5.75 Å². The second-order valence-corrected chi connectivity index (χ2v) is 8.17. The van der Waals surface area contributed by atoms with E-state index in [0.717, 1.165) is 16.9 Å². The maximum atomic E-state index is 13.2. The summed E-state index contributed by atoms with van der Waals surface area (Å²) in [5.74, 6) is 0.156. The first-order chi connectivity index (χ1) is 12.4. The third-order valence-electron chi connectivity index (χ3n) is 4.83. The highest BCUT2D eigenvalue weighted by molar-refractivity contribution is 7.89. The molecule has 1 aromatic heterocycles. The molecule has 0 fully saturated rings. The van der Waals surface area contributed by atoms with Gasteiger partial charge in [-0.25, -0.2) is 13.2 Å². The van der Waals surface area contributed by atoms with Gasteiger partial charge >= 0.3 is 5.76 Å². The number of sulfonamides is 1. The van der Waals surface area contributed by atoms with E-state index in [1.165, 1.54) is 16.4 Å². The number of nitrogens with one attached hydrogen (secondary N) is 1. The summed E-state index contributed by atoms with van der Waals surface area (Å²) in [6, 6.07) is 9.82. The molecule has 1 aliphatic rings. The smallest absolute Gasteiger partial charge is 0.417 e. The molecule has 7 nitrogen and oxygen atoms in total. The van der Waals surface area contributed by atoms with Gasteiger partial charge in [0.1, 0.15) is 5.75 Å². The average molecular weight is 374 g/mol. The Labute approximate surface area is 150 Å². The summed E-state index contributed by atoms with van der Waals surface area (Å²) >= 11 is 0. The number of oxazole rings is 1. The van der Waals surface area contributed by atoms with Crippen LogP contribution in [0.3, 0.4) is 0 Å². The van der Waals surface area contributed by atoms with Gasteiger partial charge in [-0.1, -0.05) is 6.07 Å². The summed E-state index contributed by atoms with van der Waals surface area (Å²) in [5, 5.41) is 0. The lowest BCUT2D eigenvalue weighted by Crippen LogP contribution is -2.38. The number of methoxy groups -OCH3 is 1. The molecule has 0 saturated heterocycles. The standard InChI is InChI=1S/C18H18N2O5S/c1-11-15-5-3-13(24-2)9-12(15)7-8-20(11)26(22,23)14-4-6-16-17(10-14)25-18(21)19-16/h3-6,9-11H,7-8H2,1-2H3,(H,19,21). The number of aromatic nitrogens is 1. The van der Waals surface area contributed by atoms with Crippen LogP contribution in [-0.2, 0) is 16.4 Å². The molecule has 26 heavy (non-hydrogen) atoms.